The van der Waals surface area contributed by atoms with Gasteiger partial charge in [0.25, 0.3) is 5.91 Å². The Kier molecular flexibility index (Phi) is 5.68. The van der Waals surface area contributed by atoms with Crippen molar-refractivity contribution in [2.45, 2.75) is 13.8 Å². The average Bonchev–Trinajstić information content (AvgIpc) is 3.11. The van der Waals surface area contributed by atoms with E-state index in [2.05, 4.69) is 10.3 Å². The molecule has 2 aromatic heterocycles. The lowest BCUT2D eigenvalue weighted by atomic mass is 10.1. The molecular weight excluding hydrogens is 420 g/mol. The van der Waals surface area contributed by atoms with Crippen LogP contribution in [0.5, 0.6) is 5.75 Å². The van der Waals surface area contributed by atoms with Crippen LogP contribution < -0.4 is 15.7 Å². The van der Waals surface area contributed by atoms with E-state index >= 15 is 0 Å². The number of nitrogens with zero attached hydrogens (tertiary/aromatic N) is 1. The largest absolute Gasteiger partial charge is 0.482 e. The molecule has 0 fully saturated rings. The number of aryl methyl sites for hydroxylation is 2. The van der Waals surface area contributed by atoms with Crippen molar-refractivity contribution < 1.29 is 23.5 Å². The highest BCUT2D eigenvalue weighted by Gasteiger charge is 2.12. The summed E-state index contributed by atoms with van der Waals surface area (Å²) in [4.78, 5) is 39.8. The van der Waals surface area contributed by atoms with E-state index in [-0.39, 0.29) is 0 Å². The number of fused-ring (bicyclic) bond motifs is 2. The maximum absolute atomic E-state index is 12.0. The van der Waals surface area contributed by atoms with Crippen LogP contribution in [0.3, 0.4) is 0 Å². The molecule has 0 unspecified atom stereocenters. The number of rotatable bonds is 6. The first-order valence-corrected chi connectivity index (χ1v) is 10.2. The molecule has 2 aromatic carbocycles. The summed E-state index contributed by atoms with van der Waals surface area (Å²) in [7, 11) is 0. The Morgan fingerprint density at radius 3 is 2.77 bits per heavy atom. The number of hydrogen-bond acceptors (Lipinski definition) is 8. The molecule has 0 aliphatic rings. The van der Waals surface area contributed by atoms with Crippen molar-refractivity contribution in [2.24, 2.45) is 0 Å². The van der Waals surface area contributed by atoms with E-state index < -0.39 is 30.7 Å². The Labute approximate surface area is 180 Å². The fourth-order valence-corrected chi connectivity index (χ4v) is 3.95. The fraction of sp³-hybridized carbons (Fsp3) is 0.182. The number of amides is 1. The summed E-state index contributed by atoms with van der Waals surface area (Å²) in [5.41, 5.74) is 2.58. The summed E-state index contributed by atoms with van der Waals surface area (Å²) in [5, 5.41) is 3.83. The summed E-state index contributed by atoms with van der Waals surface area (Å²) in [6.45, 7) is 2.93. The molecule has 4 aromatic rings. The second-order valence-corrected chi connectivity index (χ2v) is 7.92. The molecule has 31 heavy (non-hydrogen) atoms. The highest BCUT2D eigenvalue weighted by molar-refractivity contribution is 7.22. The van der Waals surface area contributed by atoms with E-state index in [0.717, 1.165) is 26.7 Å². The smallest absolute Gasteiger partial charge is 0.344 e. The van der Waals surface area contributed by atoms with E-state index in [1.807, 2.05) is 25.1 Å². The molecule has 0 saturated carbocycles. The second kappa shape index (κ2) is 8.57. The first-order valence-electron chi connectivity index (χ1n) is 9.37. The first-order chi connectivity index (χ1) is 14.9. The van der Waals surface area contributed by atoms with Gasteiger partial charge in [0.2, 0.25) is 0 Å². The van der Waals surface area contributed by atoms with Crippen LogP contribution in [-0.4, -0.2) is 30.1 Å². The lowest BCUT2D eigenvalue weighted by Gasteiger charge is -2.08. The third kappa shape index (κ3) is 4.89. The average molecular weight is 438 g/mol. The SMILES string of the molecule is Cc1ccc2nc(NC(=O)COC(=O)COc3ccc4c(C)cc(=O)oc4c3)sc2c1. The van der Waals surface area contributed by atoms with Crippen molar-refractivity contribution >= 4 is 49.5 Å². The van der Waals surface area contributed by atoms with Gasteiger partial charge in [0.1, 0.15) is 11.3 Å². The van der Waals surface area contributed by atoms with Crippen LogP contribution in [0.2, 0.25) is 0 Å². The third-order valence-electron chi connectivity index (χ3n) is 4.43. The molecule has 1 amide bonds. The molecule has 2 heterocycles. The minimum Gasteiger partial charge on any atom is -0.482 e. The number of hydrogen-bond donors (Lipinski definition) is 1. The van der Waals surface area contributed by atoms with Crippen molar-refractivity contribution in [2.75, 3.05) is 18.5 Å². The Hall–Kier alpha value is -3.72. The lowest BCUT2D eigenvalue weighted by Crippen LogP contribution is -2.23. The summed E-state index contributed by atoms with van der Waals surface area (Å²) in [5.74, 6) is -0.861. The van der Waals surface area contributed by atoms with Crippen molar-refractivity contribution in [1.82, 2.24) is 4.98 Å². The van der Waals surface area contributed by atoms with Crippen LogP contribution in [-0.2, 0) is 14.3 Å². The van der Waals surface area contributed by atoms with Gasteiger partial charge in [-0.1, -0.05) is 17.4 Å². The molecule has 158 valence electrons. The van der Waals surface area contributed by atoms with Crippen LogP contribution in [0.1, 0.15) is 11.1 Å². The normalized spacial score (nSPS) is 10.9. The number of carbonyl (C=O) groups excluding carboxylic acids is 2. The van der Waals surface area contributed by atoms with Crippen LogP contribution in [0.4, 0.5) is 5.13 Å². The van der Waals surface area contributed by atoms with Crippen molar-refractivity contribution in [3.05, 3.63) is 64.0 Å². The number of carbonyl (C=O) groups is 2. The highest BCUT2D eigenvalue weighted by atomic mass is 32.1. The van der Waals surface area contributed by atoms with Gasteiger partial charge in [0, 0.05) is 17.5 Å². The molecule has 1 N–H and O–H groups in total. The molecule has 0 saturated heterocycles. The Morgan fingerprint density at radius 1 is 1.10 bits per heavy atom. The van der Waals surface area contributed by atoms with Crippen LogP contribution in [0.15, 0.2) is 51.7 Å². The zero-order valence-electron chi connectivity index (χ0n) is 16.8. The van der Waals surface area contributed by atoms with Crippen molar-refractivity contribution in [1.29, 1.82) is 0 Å². The third-order valence-corrected chi connectivity index (χ3v) is 5.37. The molecule has 9 heteroatoms. The molecule has 4 rings (SSSR count). The number of benzene rings is 2. The van der Waals surface area contributed by atoms with E-state index in [1.54, 1.807) is 19.1 Å². The Morgan fingerprint density at radius 2 is 1.94 bits per heavy atom. The molecular formula is C22H18N2O6S. The summed E-state index contributed by atoms with van der Waals surface area (Å²) < 4.78 is 16.4. The minimum absolute atomic E-state index is 0.340. The van der Waals surface area contributed by atoms with E-state index in [4.69, 9.17) is 13.9 Å². The zero-order valence-corrected chi connectivity index (χ0v) is 17.6. The van der Waals surface area contributed by atoms with Crippen LogP contribution in [0, 0.1) is 13.8 Å². The number of aromatic nitrogens is 1. The van der Waals surface area contributed by atoms with Gasteiger partial charge in [-0.15, -0.1) is 0 Å². The zero-order chi connectivity index (χ0) is 22.0. The maximum Gasteiger partial charge on any atom is 0.344 e. The Balaban J connectivity index is 1.29. The number of esters is 1. The van der Waals surface area contributed by atoms with Gasteiger partial charge in [0.15, 0.2) is 18.3 Å². The van der Waals surface area contributed by atoms with Crippen LogP contribution >= 0.6 is 11.3 Å². The van der Waals surface area contributed by atoms with E-state index in [0.29, 0.717) is 16.5 Å². The van der Waals surface area contributed by atoms with Crippen molar-refractivity contribution in [3.8, 4) is 5.75 Å². The van der Waals surface area contributed by atoms with E-state index in [9.17, 15) is 14.4 Å². The topological polar surface area (TPSA) is 108 Å². The molecule has 0 aliphatic carbocycles. The van der Waals surface area contributed by atoms with E-state index in [1.165, 1.54) is 23.5 Å². The highest BCUT2D eigenvalue weighted by Crippen LogP contribution is 2.26. The molecule has 0 spiro atoms. The molecule has 0 atom stereocenters. The molecule has 0 bridgehead atoms. The van der Waals surface area contributed by atoms with Crippen molar-refractivity contribution in [3.63, 3.8) is 0 Å². The summed E-state index contributed by atoms with van der Waals surface area (Å²) >= 11 is 1.35. The number of nitrogens with one attached hydrogen (secondary N) is 1. The summed E-state index contributed by atoms with van der Waals surface area (Å²) in [6, 6.07) is 12.1. The number of thiazole rings is 1. The molecule has 0 radical (unpaired) electrons. The minimum atomic E-state index is -0.708. The lowest BCUT2D eigenvalue weighted by molar-refractivity contribution is -0.149. The standard InChI is InChI=1S/C22H18N2O6S/c1-12-3-6-16-18(7-12)31-22(23-16)24-19(25)10-29-21(27)11-28-14-4-5-15-13(2)8-20(26)30-17(15)9-14/h3-9H,10-11H2,1-2H3,(H,23,24,25). The van der Waals surface area contributed by atoms with Gasteiger partial charge >= 0.3 is 11.6 Å². The van der Waals surface area contributed by atoms with Crippen LogP contribution in [0.25, 0.3) is 21.2 Å². The van der Waals surface area contributed by atoms with Gasteiger partial charge in [-0.3, -0.25) is 10.1 Å². The van der Waals surface area contributed by atoms with Gasteiger partial charge in [-0.05, 0) is 49.2 Å². The first kappa shape index (κ1) is 20.5. The quantitative estimate of drug-likeness (QED) is 0.362. The maximum atomic E-state index is 12.0. The molecule has 8 nitrogen and oxygen atoms in total. The summed E-state index contributed by atoms with van der Waals surface area (Å²) in [6.07, 6.45) is 0. The van der Waals surface area contributed by atoms with Gasteiger partial charge in [-0.2, -0.15) is 0 Å². The fourth-order valence-electron chi connectivity index (χ4n) is 2.97. The predicted octanol–water partition coefficient (Wildman–Crippen LogP) is 3.58. The predicted molar refractivity (Wildman–Crippen MR) is 117 cm³/mol. The van der Waals surface area contributed by atoms with Gasteiger partial charge in [-0.25, -0.2) is 14.6 Å². The monoisotopic (exact) mass is 438 g/mol. The number of anilines is 1. The number of ether oxygens (including phenoxy) is 2. The van der Waals surface area contributed by atoms with Gasteiger partial charge < -0.3 is 13.9 Å². The molecule has 0 aliphatic heterocycles. The van der Waals surface area contributed by atoms with Gasteiger partial charge in [0.05, 0.1) is 10.2 Å². The second-order valence-electron chi connectivity index (χ2n) is 6.89. The Bertz CT molecular complexity index is 1360.